The lowest BCUT2D eigenvalue weighted by Gasteiger charge is -2.40. The average Bonchev–Trinajstić information content (AvgIpc) is 3.20. The number of halogens is 1. The van der Waals surface area contributed by atoms with Crippen molar-refractivity contribution < 1.29 is 14.3 Å². The summed E-state index contributed by atoms with van der Waals surface area (Å²) >= 11 is 6.16. The molecule has 3 heterocycles. The van der Waals surface area contributed by atoms with E-state index in [1.54, 1.807) is 11.7 Å². The zero-order valence-electron chi connectivity index (χ0n) is 15.0. The first-order valence-corrected chi connectivity index (χ1v) is 9.18. The van der Waals surface area contributed by atoms with Crippen molar-refractivity contribution in [2.45, 2.75) is 26.2 Å². The maximum atomic E-state index is 12.9. The third kappa shape index (κ3) is 3.14. The van der Waals surface area contributed by atoms with Gasteiger partial charge in [-0.05, 0) is 42.4 Å². The van der Waals surface area contributed by atoms with Crippen molar-refractivity contribution >= 4 is 17.5 Å². The van der Waals surface area contributed by atoms with E-state index in [1.807, 2.05) is 17.0 Å². The van der Waals surface area contributed by atoms with Crippen LogP contribution in [0.25, 0.3) is 0 Å². The van der Waals surface area contributed by atoms with Gasteiger partial charge in [-0.15, -0.1) is 0 Å². The summed E-state index contributed by atoms with van der Waals surface area (Å²) < 4.78 is 12.4. The predicted molar refractivity (Wildman–Crippen MR) is 97.7 cm³/mol. The van der Waals surface area contributed by atoms with Gasteiger partial charge < -0.3 is 14.4 Å². The fourth-order valence-corrected chi connectivity index (χ4v) is 4.22. The number of nitrogens with zero attached hydrogens (tertiary/aromatic N) is 3. The van der Waals surface area contributed by atoms with Crippen LogP contribution in [0.2, 0.25) is 5.02 Å². The third-order valence-corrected chi connectivity index (χ3v) is 5.51. The smallest absolute Gasteiger partial charge is 0.273 e. The summed E-state index contributed by atoms with van der Waals surface area (Å²) in [6, 6.07) is 6.09. The Kier molecular flexibility index (Phi) is 4.31. The number of carbonyl (C=O) groups excluding carboxylic acids is 1. The molecule has 1 atom stereocenters. The fraction of sp³-hybridized carbons (Fsp3) is 0.474. The van der Waals surface area contributed by atoms with Crippen LogP contribution in [-0.4, -0.2) is 40.5 Å². The molecule has 1 saturated heterocycles. The van der Waals surface area contributed by atoms with Crippen LogP contribution in [0.5, 0.6) is 11.5 Å². The topological polar surface area (TPSA) is 56.6 Å². The van der Waals surface area contributed by atoms with E-state index in [0.29, 0.717) is 17.3 Å². The van der Waals surface area contributed by atoms with Gasteiger partial charge in [0.25, 0.3) is 5.91 Å². The van der Waals surface area contributed by atoms with Crippen LogP contribution in [0.3, 0.4) is 0 Å². The molecule has 26 heavy (non-hydrogen) atoms. The van der Waals surface area contributed by atoms with E-state index in [0.717, 1.165) is 37.3 Å². The van der Waals surface area contributed by atoms with Gasteiger partial charge in [0.15, 0.2) is 11.5 Å². The van der Waals surface area contributed by atoms with Gasteiger partial charge in [-0.3, -0.25) is 9.48 Å². The van der Waals surface area contributed by atoms with Gasteiger partial charge in [-0.2, -0.15) is 5.10 Å². The number of hydrogen-bond acceptors (Lipinski definition) is 4. The molecule has 138 valence electrons. The summed E-state index contributed by atoms with van der Waals surface area (Å²) in [5.74, 6) is 1.55. The number of aryl methyl sites for hydroxylation is 1. The SMILES string of the molecule is Cn1ncc(Cl)c1C(=O)N1CCC[C@](C)(Cc2ccc3c(c2)OCO3)C1. The van der Waals surface area contributed by atoms with Gasteiger partial charge in [0, 0.05) is 20.1 Å². The number of benzene rings is 1. The molecule has 7 heteroatoms. The van der Waals surface area contributed by atoms with Crippen molar-refractivity contribution in [1.82, 2.24) is 14.7 Å². The number of likely N-dealkylation sites (tertiary alicyclic amines) is 1. The van der Waals surface area contributed by atoms with Gasteiger partial charge in [-0.25, -0.2) is 0 Å². The Bertz CT molecular complexity index is 831. The molecule has 0 saturated carbocycles. The first-order chi connectivity index (χ1) is 12.5. The Morgan fingerprint density at radius 1 is 1.35 bits per heavy atom. The van der Waals surface area contributed by atoms with E-state index in [9.17, 15) is 4.79 Å². The number of fused-ring (bicyclic) bond motifs is 1. The number of ether oxygens (including phenoxy) is 2. The molecule has 2 aliphatic rings. The largest absolute Gasteiger partial charge is 0.454 e. The minimum atomic E-state index is -0.0494. The highest BCUT2D eigenvalue weighted by Gasteiger charge is 2.35. The second kappa shape index (κ2) is 6.50. The van der Waals surface area contributed by atoms with Crippen LogP contribution >= 0.6 is 11.6 Å². The molecule has 2 aromatic rings. The van der Waals surface area contributed by atoms with Crippen molar-refractivity contribution in [1.29, 1.82) is 0 Å². The second-order valence-corrected chi connectivity index (χ2v) is 7.88. The van der Waals surface area contributed by atoms with E-state index in [2.05, 4.69) is 18.1 Å². The van der Waals surface area contributed by atoms with Crippen molar-refractivity contribution in [2.75, 3.05) is 19.9 Å². The first kappa shape index (κ1) is 17.2. The lowest BCUT2D eigenvalue weighted by molar-refractivity contribution is 0.0540. The van der Waals surface area contributed by atoms with E-state index in [4.69, 9.17) is 21.1 Å². The standard InChI is InChI=1S/C19H22ClN3O3/c1-19(9-13-4-5-15-16(8-13)26-12-25-15)6-3-7-23(11-19)18(24)17-14(20)10-21-22(17)2/h4-5,8,10H,3,6-7,9,11-12H2,1-2H3/t19-/m1/s1. The molecule has 0 spiro atoms. The van der Waals surface area contributed by atoms with Crippen molar-refractivity contribution in [2.24, 2.45) is 12.5 Å². The highest BCUT2D eigenvalue weighted by molar-refractivity contribution is 6.33. The molecular weight excluding hydrogens is 354 g/mol. The monoisotopic (exact) mass is 375 g/mol. The number of carbonyl (C=O) groups is 1. The summed E-state index contributed by atoms with van der Waals surface area (Å²) in [4.78, 5) is 14.8. The van der Waals surface area contributed by atoms with E-state index >= 15 is 0 Å². The summed E-state index contributed by atoms with van der Waals surface area (Å²) in [6.07, 6.45) is 4.45. The molecule has 1 aromatic carbocycles. The van der Waals surface area contributed by atoms with Crippen molar-refractivity contribution in [3.8, 4) is 11.5 Å². The molecule has 0 unspecified atom stereocenters. The van der Waals surface area contributed by atoms with Crippen molar-refractivity contribution in [3.63, 3.8) is 0 Å². The van der Waals surface area contributed by atoms with E-state index < -0.39 is 0 Å². The predicted octanol–water partition coefficient (Wildman–Crippen LogP) is 3.29. The zero-order valence-corrected chi connectivity index (χ0v) is 15.8. The Hall–Kier alpha value is -2.21. The lowest BCUT2D eigenvalue weighted by atomic mass is 9.77. The van der Waals surface area contributed by atoms with Crippen molar-refractivity contribution in [3.05, 3.63) is 40.7 Å². The maximum absolute atomic E-state index is 12.9. The van der Waals surface area contributed by atoms with Crippen LogP contribution < -0.4 is 9.47 Å². The lowest BCUT2D eigenvalue weighted by Crippen LogP contribution is -2.46. The Morgan fingerprint density at radius 3 is 2.92 bits per heavy atom. The number of aromatic nitrogens is 2. The van der Waals surface area contributed by atoms with Crippen LogP contribution in [0, 0.1) is 5.41 Å². The molecule has 1 fully saturated rings. The quantitative estimate of drug-likeness (QED) is 0.826. The normalized spacial score (nSPS) is 21.9. The summed E-state index contributed by atoms with van der Waals surface area (Å²) in [6.45, 7) is 3.96. The molecule has 0 bridgehead atoms. The molecule has 2 aliphatic heterocycles. The summed E-state index contributed by atoms with van der Waals surface area (Å²) in [7, 11) is 1.74. The van der Waals surface area contributed by atoms with Crippen LogP contribution in [0.15, 0.2) is 24.4 Å². The van der Waals surface area contributed by atoms with E-state index in [1.165, 1.54) is 11.8 Å². The Balaban J connectivity index is 1.51. The minimum absolute atomic E-state index is 0.00662. The highest BCUT2D eigenvalue weighted by Crippen LogP contribution is 2.38. The van der Waals surface area contributed by atoms with Crippen LogP contribution in [0.1, 0.15) is 35.8 Å². The fourth-order valence-electron chi connectivity index (χ4n) is 3.98. The van der Waals surface area contributed by atoms with Gasteiger partial charge in [0.05, 0.1) is 11.2 Å². The highest BCUT2D eigenvalue weighted by atomic mass is 35.5. The summed E-state index contributed by atoms with van der Waals surface area (Å²) in [5, 5.41) is 4.48. The third-order valence-electron chi connectivity index (χ3n) is 5.23. The molecule has 0 radical (unpaired) electrons. The van der Waals surface area contributed by atoms with Gasteiger partial charge in [0.2, 0.25) is 6.79 Å². The number of hydrogen-bond donors (Lipinski definition) is 0. The number of amides is 1. The number of piperidine rings is 1. The van der Waals surface area contributed by atoms with Gasteiger partial charge in [-0.1, -0.05) is 24.6 Å². The second-order valence-electron chi connectivity index (χ2n) is 7.47. The molecule has 0 aliphatic carbocycles. The van der Waals surface area contributed by atoms with E-state index in [-0.39, 0.29) is 18.1 Å². The van der Waals surface area contributed by atoms with Gasteiger partial charge >= 0.3 is 0 Å². The molecular formula is C19H22ClN3O3. The number of rotatable bonds is 3. The van der Waals surface area contributed by atoms with Crippen LogP contribution in [0.4, 0.5) is 0 Å². The molecule has 4 rings (SSSR count). The summed E-state index contributed by atoms with van der Waals surface area (Å²) in [5.41, 5.74) is 1.66. The van der Waals surface area contributed by atoms with Gasteiger partial charge in [0.1, 0.15) is 5.69 Å². The molecule has 1 aromatic heterocycles. The first-order valence-electron chi connectivity index (χ1n) is 8.80. The minimum Gasteiger partial charge on any atom is -0.454 e. The average molecular weight is 376 g/mol. The van der Waals surface area contributed by atoms with Crippen LogP contribution in [-0.2, 0) is 13.5 Å². The maximum Gasteiger partial charge on any atom is 0.273 e. The molecule has 0 N–H and O–H groups in total. The Morgan fingerprint density at radius 2 is 2.15 bits per heavy atom. The molecule has 1 amide bonds. The zero-order chi connectivity index (χ0) is 18.3. The Labute approximate surface area is 157 Å². The molecule has 6 nitrogen and oxygen atoms in total.